The lowest BCUT2D eigenvalue weighted by Gasteiger charge is -2.20. The van der Waals surface area contributed by atoms with Gasteiger partial charge in [-0.1, -0.05) is 0 Å². The molecular formula is C19H19NO8. The van der Waals surface area contributed by atoms with Gasteiger partial charge in [-0.15, -0.1) is 0 Å². The Hall–Kier alpha value is -3.33. The second-order valence-corrected chi connectivity index (χ2v) is 5.84. The van der Waals surface area contributed by atoms with Gasteiger partial charge in [-0.2, -0.15) is 0 Å². The number of methoxy groups -OCH3 is 1. The number of nitrogens with zero attached hydrogens (tertiary/aromatic N) is 1. The maximum atomic E-state index is 12.4. The molecule has 1 heterocycles. The van der Waals surface area contributed by atoms with Gasteiger partial charge in [0.25, 0.3) is 5.69 Å². The lowest BCUT2D eigenvalue weighted by atomic mass is 10.1. The van der Waals surface area contributed by atoms with Crippen LogP contribution in [0.4, 0.5) is 5.69 Å². The van der Waals surface area contributed by atoms with Crippen molar-refractivity contribution in [2.75, 3.05) is 20.5 Å². The van der Waals surface area contributed by atoms with Crippen molar-refractivity contribution in [1.29, 1.82) is 0 Å². The van der Waals surface area contributed by atoms with Crippen molar-refractivity contribution in [3.8, 4) is 17.2 Å². The fourth-order valence-corrected chi connectivity index (χ4v) is 2.79. The van der Waals surface area contributed by atoms with Gasteiger partial charge in [0.05, 0.1) is 30.8 Å². The third-order valence-electron chi connectivity index (χ3n) is 4.04. The highest BCUT2D eigenvalue weighted by atomic mass is 16.7. The van der Waals surface area contributed by atoms with Gasteiger partial charge in [0.15, 0.2) is 18.3 Å². The third-order valence-corrected chi connectivity index (χ3v) is 4.04. The minimum atomic E-state index is -0.601. The second kappa shape index (κ2) is 8.57. The summed E-state index contributed by atoms with van der Waals surface area (Å²) in [6.45, 7) is 2.27. The summed E-state index contributed by atoms with van der Waals surface area (Å²) < 4.78 is 26.6. The Balaban J connectivity index is 1.80. The molecule has 0 aliphatic carbocycles. The van der Waals surface area contributed by atoms with E-state index in [1.807, 2.05) is 6.92 Å². The van der Waals surface area contributed by atoms with Crippen molar-refractivity contribution in [1.82, 2.24) is 0 Å². The number of esters is 1. The predicted molar refractivity (Wildman–Crippen MR) is 96.7 cm³/mol. The van der Waals surface area contributed by atoms with E-state index in [2.05, 4.69) is 0 Å². The number of hydrogen-bond donors (Lipinski definition) is 0. The summed E-state index contributed by atoms with van der Waals surface area (Å²) in [7, 11) is 1.50. The largest absolute Gasteiger partial charge is 0.493 e. The standard InChI is InChI=1S/C19H19NO8/c1-3-26-17-8-12(4-5-16(17)24-2)19(21)27-10-14-7-15(20(22)23)6-13-9-25-11-28-18(13)14/h4-8H,3,9-11H2,1-2H3. The number of nitro benzene ring substituents is 1. The van der Waals surface area contributed by atoms with Crippen LogP contribution in [0, 0.1) is 10.1 Å². The first-order valence-electron chi connectivity index (χ1n) is 8.52. The van der Waals surface area contributed by atoms with Crippen LogP contribution in [0.15, 0.2) is 30.3 Å². The molecule has 28 heavy (non-hydrogen) atoms. The summed E-state index contributed by atoms with van der Waals surface area (Å²) in [5.74, 6) is 0.762. The summed E-state index contributed by atoms with van der Waals surface area (Å²) in [5.41, 5.74) is 1.09. The summed E-state index contributed by atoms with van der Waals surface area (Å²) in [6, 6.07) is 7.40. The molecule has 0 bridgehead atoms. The number of carbonyl (C=O) groups is 1. The molecule has 0 saturated heterocycles. The highest BCUT2D eigenvalue weighted by Crippen LogP contribution is 2.33. The number of benzene rings is 2. The number of rotatable bonds is 7. The molecule has 1 aliphatic rings. The Labute approximate surface area is 160 Å². The smallest absolute Gasteiger partial charge is 0.338 e. The number of non-ortho nitro benzene ring substituents is 1. The molecule has 148 valence electrons. The van der Waals surface area contributed by atoms with Crippen molar-refractivity contribution >= 4 is 11.7 Å². The van der Waals surface area contributed by atoms with Crippen molar-refractivity contribution < 1.29 is 33.4 Å². The Bertz CT molecular complexity index is 896. The van der Waals surface area contributed by atoms with Gasteiger partial charge in [-0.05, 0) is 25.1 Å². The number of carbonyl (C=O) groups excluding carboxylic acids is 1. The Kier molecular flexibility index (Phi) is 5.95. The van der Waals surface area contributed by atoms with Crippen molar-refractivity contribution in [2.45, 2.75) is 20.1 Å². The monoisotopic (exact) mass is 389 g/mol. The SMILES string of the molecule is CCOc1cc(C(=O)OCc2cc([N+](=O)[O-])cc3c2OCOC3)ccc1OC. The average Bonchev–Trinajstić information content (AvgIpc) is 2.71. The van der Waals surface area contributed by atoms with Crippen molar-refractivity contribution in [3.63, 3.8) is 0 Å². The summed E-state index contributed by atoms with van der Waals surface area (Å²) >= 11 is 0. The van der Waals surface area contributed by atoms with Crippen molar-refractivity contribution in [3.05, 3.63) is 57.1 Å². The lowest BCUT2D eigenvalue weighted by molar-refractivity contribution is -0.385. The van der Waals surface area contributed by atoms with Crippen molar-refractivity contribution in [2.24, 2.45) is 0 Å². The Morgan fingerprint density at radius 1 is 1.25 bits per heavy atom. The van der Waals surface area contributed by atoms with Gasteiger partial charge >= 0.3 is 5.97 Å². The minimum absolute atomic E-state index is 0.0297. The molecule has 0 radical (unpaired) electrons. The van der Waals surface area contributed by atoms with Gasteiger partial charge < -0.3 is 23.7 Å². The number of hydrogen-bond acceptors (Lipinski definition) is 8. The maximum Gasteiger partial charge on any atom is 0.338 e. The number of fused-ring (bicyclic) bond motifs is 1. The fourth-order valence-electron chi connectivity index (χ4n) is 2.79. The molecule has 0 saturated carbocycles. The Morgan fingerprint density at radius 3 is 2.79 bits per heavy atom. The first-order valence-corrected chi connectivity index (χ1v) is 8.52. The highest BCUT2D eigenvalue weighted by Gasteiger charge is 2.22. The molecule has 0 unspecified atom stereocenters. The second-order valence-electron chi connectivity index (χ2n) is 5.84. The molecule has 9 heteroatoms. The molecule has 1 aliphatic heterocycles. The molecule has 0 amide bonds. The van der Waals surface area contributed by atoms with Gasteiger partial charge in [-0.3, -0.25) is 10.1 Å². The van der Waals surface area contributed by atoms with E-state index >= 15 is 0 Å². The van der Waals surface area contributed by atoms with Crippen LogP contribution >= 0.6 is 0 Å². The average molecular weight is 389 g/mol. The van der Waals surface area contributed by atoms with Gasteiger partial charge in [0.1, 0.15) is 12.4 Å². The van der Waals surface area contributed by atoms with E-state index in [0.29, 0.717) is 35.0 Å². The van der Waals surface area contributed by atoms with Gasteiger partial charge in [0.2, 0.25) is 0 Å². The zero-order valence-electron chi connectivity index (χ0n) is 15.4. The third kappa shape index (κ3) is 4.15. The first-order chi connectivity index (χ1) is 13.5. The van der Waals surface area contributed by atoms with Crippen LogP contribution in [-0.4, -0.2) is 31.4 Å². The zero-order chi connectivity index (χ0) is 20.1. The Morgan fingerprint density at radius 2 is 2.07 bits per heavy atom. The molecule has 0 aromatic heterocycles. The van der Waals surface area contributed by atoms with Gasteiger partial charge in [0, 0.05) is 23.3 Å². The van der Waals surface area contributed by atoms with E-state index in [9.17, 15) is 14.9 Å². The van der Waals surface area contributed by atoms with Crippen LogP contribution in [-0.2, 0) is 22.7 Å². The van der Waals surface area contributed by atoms with Crippen LogP contribution in [0.1, 0.15) is 28.4 Å². The van der Waals surface area contributed by atoms with Crippen LogP contribution < -0.4 is 14.2 Å². The van der Waals surface area contributed by atoms with E-state index in [-0.39, 0.29) is 31.3 Å². The normalized spacial score (nSPS) is 12.5. The van der Waals surface area contributed by atoms with E-state index in [1.54, 1.807) is 12.1 Å². The first kappa shape index (κ1) is 19.4. The zero-order valence-corrected chi connectivity index (χ0v) is 15.4. The highest BCUT2D eigenvalue weighted by molar-refractivity contribution is 5.90. The quantitative estimate of drug-likeness (QED) is 0.404. The molecule has 0 atom stereocenters. The van der Waals surface area contributed by atoms with Crippen LogP contribution in [0.5, 0.6) is 17.2 Å². The predicted octanol–water partition coefficient (Wildman–Crippen LogP) is 3.23. The molecular weight excluding hydrogens is 370 g/mol. The molecule has 9 nitrogen and oxygen atoms in total. The molecule has 0 N–H and O–H groups in total. The van der Waals surface area contributed by atoms with Gasteiger partial charge in [-0.25, -0.2) is 4.79 Å². The molecule has 0 fully saturated rings. The molecule has 0 spiro atoms. The molecule has 2 aromatic rings. The lowest BCUT2D eigenvalue weighted by Crippen LogP contribution is -2.15. The van der Waals surface area contributed by atoms with Crippen LogP contribution in [0.2, 0.25) is 0 Å². The minimum Gasteiger partial charge on any atom is -0.493 e. The maximum absolute atomic E-state index is 12.4. The summed E-state index contributed by atoms with van der Waals surface area (Å²) in [5, 5.41) is 11.1. The van der Waals surface area contributed by atoms with Crippen LogP contribution in [0.3, 0.4) is 0 Å². The summed E-state index contributed by atoms with van der Waals surface area (Å²) in [6.07, 6.45) is 0. The van der Waals surface area contributed by atoms with E-state index in [1.165, 1.54) is 25.3 Å². The number of ether oxygens (including phenoxy) is 5. The van der Waals surface area contributed by atoms with E-state index < -0.39 is 10.9 Å². The topological polar surface area (TPSA) is 106 Å². The van der Waals surface area contributed by atoms with Crippen LogP contribution in [0.25, 0.3) is 0 Å². The van der Waals surface area contributed by atoms with E-state index in [4.69, 9.17) is 23.7 Å². The number of nitro groups is 1. The molecule has 2 aromatic carbocycles. The molecule has 3 rings (SSSR count). The summed E-state index contributed by atoms with van der Waals surface area (Å²) in [4.78, 5) is 23.1. The van der Waals surface area contributed by atoms with E-state index in [0.717, 1.165) is 0 Å². The fraction of sp³-hybridized carbons (Fsp3) is 0.316.